The molecule has 0 fully saturated rings. The van der Waals surface area contributed by atoms with Crippen molar-refractivity contribution >= 4 is 11.7 Å². The lowest BCUT2D eigenvalue weighted by Gasteiger charge is -2.20. The molecule has 0 aliphatic rings. The number of carbonyl (C=O) groups is 1. The van der Waals surface area contributed by atoms with Crippen molar-refractivity contribution in [3.05, 3.63) is 58.3 Å². The zero-order valence-electron chi connectivity index (χ0n) is 16.4. The first-order valence-electron chi connectivity index (χ1n) is 8.77. The van der Waals surface area contributed by atoms with Gasteiger partial charge < -0.3 is 9.47 Å². The van der Waals surface area contributed by atoms with Gasteiger partial charge in [-0.05, 0) is 48.0 Å². The van der Waals surface area contributed by atoms with Crippen LogP contribution in [0.5, 0.6) is 11.5 Å². The fourth-order valence-corrected chi connectivity index (χ4v) is 2.89. The van der Waals surface area contributed by atoms with Gasteiger partial charge in [0.2, 0.25) is 0 Å². The van der Waals surface area contributed by atoms with E-state index in [1.165, 1.54) is 31.3 Å². The van der Waals surface area contributed by atoms with Crippen LogP contribution in [-0.2, 0) is 0 Å². The number of hydrogen-bond donors (Lipinski definition) is 0. The van der Waals surface area contributed by atoms with Crippen LogP contribution in [0, 0.1) is 12.7 Å². The molecule has 9 nitrogen and oxygen atoms in total. The maximum atomic E-state index is 14.3. The van der Waals surface area contributed by atoms with E-state index in [4.69, 9.17) is 9.47 Å². The van der Waals surface area contributed by atoms with E-state index in [9.17, 15) is 14.0 Å². The number of ether oxygens (including phenoxy) is 2. The molecule has 0 aliphatic carbocycles. The van der Waals surface area contributed by atoms with Crippen LogP contribution in [0.3, 0.4) is 0 Å². The van der Waals surface area contributed by atoms with Gasteiger partial charge in [0.1, 0.15) is 17.2 Å². The lowest BCUT2D eigenvalue weighted by atomic mass is 10.2. The third-order valence-corrected chi connectivity index (χ3v) is 4.39. The van der Waals surface area contributed by atoms with E-state index < -0.39 is 17.5 Å². The second-order valence-corrected chi connectivity index (χ2v) is 6.06. The van der Waals surface area contributed by atoms with Crippen LogP contribution < -0.4 is 20.1 Å². The van der Waals surface area contributed by atoms with E-state index in [-0.39, 0.29) is 18.0 Å². The molecule has 0 aliphatic heterocycles. The number of tetrazole rings is 1. The highest BCUT2D eigenvalue weighted by molar-refractivity contribution is 5.93. The average Bonchev–Trinajstić information content (AvgIpc) is 3.10. The predicted molar refractivity (Wildman–Crippen MR) is 104 cm³/mol. The van der Waals surface area contributed by atoms with Gasteiger partial charge in [-0.2, -0.15) is 4.68 Å². The molecule has 0 N–H and O–H groups in total. The smallest absolute Gasteiger partial charge is 0.377 e. The molecule has 3 rings (SSSR count). The molecule has 1 aromatic heterocycles. The van der Waals surface area contributed by atoms with Crippen molar-refractivity contribution in [1.82, 2.24) is 19.8 Å². The summed E-state index contributed by atoms with van der Waals surface area (Å²) in [5.41, 5.74) is 0.273. The molecule has 0 unspecified atom stereocenters. The number of methoxy groups -OCH3 is 2. The van der Waals surface area contributed by atoms with Crippen LogP contribution in [0.15, 0.2) is 41.2 Å². The van der Waals surface area contributed by atoms with E-state index >= 15 is 0 Å². The Kier molecular flexibility index (Phi) is 5.62. The summed E-state index contributed by atoms with van der Waals surface area (Å²) in [6.45, 7) is 3.88. The number of halogens is 1. The fourth-order valence-electron chi connectivity index (χ4n) is 2.89. The third-order valence-electron chi connectivity index (χ3n) is 4.39. The van der Waals surface area contributed by atoms with Gasteiger partial charge in [0.05, 0.1) is 14.2 Å². The molecule has 2 aromatic carbocycles. The Morgan fingerprint density at radius 3 is 2.52 bits per heavy atom. The van der Waals surface area contributed by atoms with Crippen molar-refractivity contribution in [2.24, 2.45) is 0 Å². The number of para-hydroxylation sites is 1. The number of rotatable bonds is 5. The van der Waals surface area contributed by atoms with E-state index in [1.807, 2.05) is 6.92 Å². The van der Waals surface area contributed by atoms with E-state index in [0.717, 1.165) is 11.6 Å². The topological polar surface area (TPSA) is 91.5 Å². The largest absolute Gasteiger partial charge is 0.496 e. The number of aromatic nitrogens is 4. The standard InChI is InChI=1S/C19H20FN5O4/c1-5-23(13-10-9-12(2)16(11-13)29-4)18(26)25-19(27)24(21-22-25)17-14(20)7-6-8-15(17)28-3/h6-11H,5H2,1-4H3. The Balaban J connectivity index is 2.04. The SMILES string of the molecule is CCN(C(=O)n1nnn(-c2c(F)cccc2OC)c1=O)c1ccc(C)c(OC)c1. The quantitative estimate of drug-likeness (QED) is 0.610. The van der Waals surface area contributed by atoms with Gasteiger partial charge in [-0.3, -0.25) is 4.90 Å². The summed E-state index contributed by atoms with van der Waals surface area (Å²) in [7, 11) is 2.87. The van der Waals surface area contributed by atoms with Crippen LogP contribution in [0.1, 0.15) is 12.5 Å². The molecular weight excluding hydrogens is 381 g/mol. The lowest BCUT2D eigenvalue weighted by molar-refractivity contribution is 0.244. The maximum Gasteiger partial charge on any atom is 0.377 e. The number of nitrogens with zero attached hydrogens (tertiary/aromatic N) is 5. The van der Waals surface area contributed by atoms with Crippen LogP contribution in [0.25, 0.3) is 5.69 Å². The summed E-state index contributed by atoms with van der Waals surface area (Å²) in [5.74, 6) is -0.0513. The van der Waals surface area contributed by atoms with Gasteiger partial charge in [0, 0.05) is 18.3 Å². The van der Waals surface area contributed by atoms with Crippen LogP contribution >= 0.6 is 0 Å². The summed E-state index contributed by atoms with van der Waals surface area (Å²) in [6.07, 6.45) is 0. The summed E-state index contributed by atoms with van der Waals surface area (Å²) < 4.78 is 25.9. The van der Waals surface area contributed by atoms with Crippen molar-refractivity contribution < 1.29 is 18.7 Å². The van der Waals surface area contributed by atoms with Gasteiger partial charge in [-0.25, -0.2) is 14.0 Å². The second kappa shape index (κ2) is 8.13. The number of hydrogen-bond acceptors (Lipinski definition) is 6. The van der Waals surface area contributed by atoms with Crippen molar-refractivity contribution in [2.45, 2.75) is 13.8 Å². The Hall–Kier alpha value is -3.69. The molecule has 0 saturated carbocycles. The monoisotopic (exact) mass is 401 g/mol. The van der Waals surface area contributed by atoms with Gasteiger partial charge in [0.15, 0.2) is 5.82 Å². The molecule has 152 valence electrons. The maximum absolute atomic E-state index is 14.3. The Labute approximate surface area is 165 Å². The number of amides is 1. The van der Waals surface area contributed by atoms with Gasteiger partial charge in [0.25, 0.3) is 0 Å². The van der Waals surface area contributed by atoms with Crippen molar-refractivity contribution in [3.63, 3.8) is 0 Å². The fraction of sp³-hybridized carbons (Fsp3) is 0.263. The van der Waals surface area contributed by atoms with Crippen molar-refractivity contribution in [1.29, 1.82) is 0 Å². The van der Waals surface area contributed by atoms with Gasteiger partial charge in [-0.15, -0.1) is 4.68 Å². The molecule has 0 saturated heterocycles. The Morgan fingerprint density at radius 2 is 1.86 bits per heavy atom. The van der Waals surface area contributed by atoms with Crippen molar-refractivity contribution in [2.75, 3.05) is 25.7 Å². The first-order chi connectivity index (χ1) is 13.9. The molecule has 0 radical (unpaired) electrons. The molecule has 10 heteroatoms. The molecule has 3 aromatic rings. The second-order valence-electron chi connectivity index (χ2n) is 6.06. The minimum atomic E-state index is -0.920. The minimum absolute atomic E-state index is 0.0854. The first-order valence-corrected chi connectivity index (χ1v) is 8.77. The Morgan fingerprint density at radius 1 is 1.14 bits per heavy atom. The van der Waals surface area contributed by atoms with Gasteiger partial charge >= 0.3 is 11.7 Å². The number of aryl methyl sites for hydroxylation is 1. The highest BCUT2D eigenvalue weighted by Gasteiger charge is 2.24. The van der Waals surface area contributed by atoms with Crippen LogP contribution in [0.2, 0.25) is 0 Å². The third kappa shape index (κ3) is 3.56. The average molecular weight is 401 g/mol. The van der Waals surface area contributed by atoms with Crippen LogP contribution in [-0.4, -0.2) is 46.6 Å². The first kappa shape index (κ1) is 20.1. The highest BCUT2D eigenvalue weighted by Crippen LogP contribution is 2.26. The summed E-state index contributed by atoms with van der Waals surface area (Å²) in [4.78, 5) is 27.1. The van der Waals surface area contributed by atoms with Crippen molar-refractivity contribution in [3.8, 4) is 17.2 Å². The minimum Gasteiger partial charge on any atom is -0.496 e. The molecule has 1 amide bonds. The van der Waals surface area contributed by atoms with E-state index in [0.29, 0.717) is 20.8 Å². The molecule has 0 spiro atoms. The highest BCUT2D eigenvalue weighted by atomic mass is 19.1. The predicted octanol–water partition coefficient (Wildman–Crippen LogP) is 2.39. The zero-order chi connectivity index (χ0) is 21.1. The van der Waals surface area contributed by atoms with E-state index in [2.05, 4.69) is 10.4 Å². The molecule has 0 atom stereocenters. The molecule has 1 heterocycles. The summed E-state index contributed by atoms with van der Waals surface area (Å²) in [6, 6.07) is 8.55. The molecular formula is C19H20FN5O4. The molecule has 29 heavy (non-hydrogen) atoms. The van der Waals surface area contributed by atoms with Crippen LogP contribution in [0.4, 0.5) is 14.9 Å². The lowest BCUT2D eigenvalue weighted by Crippen LogP contribution is -2.41. The number of carbonyl (C=O) groups excluding carboxylic acids is 1. The Bertz CT molecular complexity index is 1110. The number of anilines is 1. The van der Waals surface area contributed by atoms with E-state index in [1.54, 1.807) is 25.1 Å². The zero-order valence-corrected chi connectivity index (χ0v) is 16.4. The van der Waals surface area contributed by atoms with Gasteiger partial charge in [-0.1, -0.05) is 12.1 Å². The number of benzene rings is 2. The molecule has 0 bridgehead atoms. The summed E-state index contributed by atoms with van der Waals surface area (Å²) in [5, 5.41) is 7.30. The normalized spacial score (nSPS) is 10.7. The summed E-state index contributed by atoms with van der Waals surface area (Å²) >= 11 is 0.